The molecule has 0 bridgehead atoms. The Balaban J connectivity index is 1.98. The lowest BCUT2D eigenvalue weighted by atomic mass is 9.87. The Labute approximate surface area is 103 Å². The van der Waals surface area contributed by atoms with Crippen LogP contribution in [0.4, 0.5) is 8.78 Å². The Kier molecular flexibility index (Phi) is 4.78. The maximum absolute atomic E-state index is 14.5. The largest absolute Gasteiger partial charge is 0.309 e. The first-order valence-electron chi connectivity index (χ1n) is 7.32. The molecule has 17 heavy (non-hydrogen) atoms. The van der Waals surface area contributed by atoms with E-state index < -0.39 is 12.0 Å². The maximum atomic E-state index is 14.5. The highest BCUT2D eigenvalue weighted by atomic mass is 19.3. The van der Waals surface area contributed by atoms with Gasteiger partial charge in [-0.15, -0.1) is 0 Å². The summed E-state index contributed by atoms with van der Waals surface area (Å²) in [7, 11) is 0. The molecule has 0 amide bonds. The highest BCUT2D eigenvalue weighted by Crippen LogP contribution is 2.39. The second-order valence-electron chi connectivity index (χ2n) is 5.72. The van der Waals surface area contributed by atoms with Gasteiger partial charge in [-0.2, -0.15) is 0 Å². The summed E-state index contributed by atoms with van der Waals surface area (Å²) in [6.45, 7) is 0.771. The summed E-state index contributed by atoms with van der Waals surface area (Å²) in [6, 6.07) is -0.562. The molecule has 1 aliphatic carbocycles. The first-order chi connectivity index (χ1) is 8.21. The summed E-state index contributed by atoms with van der Waals surface area (Å²) in [4.78, 5) is 0. The molecule has 1 saturated carbocycles. The van der Waals surface area contributed by atoms with Crippen molar-refractivity contribution in [3.63, 3.8) is 0 Å². The third kappa shape index (κ3) is 3.40. The molecular formula is C14H25F2N. The molecule has 0 spiro atoms. The number of nitrogens with one attached hydrogen (secondary N) is 1. The van der Waals surface area contributed by atoms with E-state index in [1.807, 2.05) is 0 Å². The monoisotopic (exact) mass is 245 g/mol. The van der Waals surface area contributed by atoms with Gasteiger partial charge in [0.25, 0.3) is 5.92 Å². The van der Waals surface area contributed by atoms with Crippen molar-refractivity contribution >= 4 is 0 Å². The molecule has 100 valence electrons. The maximum Gasteiger partial charge on any atom is 0.265 e. The molecule has 2 aliphatic rings. The number of halogens is 2. The van der Waals surface area contributed by atoms with E-state index in [4.69, 9.17) is 0 Å². The van der Waals surface area contributed by atoms with Gasteiger partial charge < -0.3 is 5.32 Å². The molecule has 1 aliphatic heterocycles. The Bertz CT molecular complexity index is 192. The summed E-state index contributed by atoms with van der Waals surface area (Å²) in [5.41, 5.74) is 0. The van der Waals surface area contributed by atoms with Crippen LogP contribution in [0.15, 0.2) is 0 Å². The fourth-order valence-electron chi connectivity index (χ4n) is 3.31. The van der Waals surface area contributed by atoms with E-state index in [1.54, 1.807) is 0 Å². The molecule has 1 saturated heterocycles. The molecule has 0 aromatic rings. The average molecular weight is 245 g/mol. The molecule has 1 atom stereocenters. The summed E-state index contributed by atoms with van der Waals surface area (Å²) in [6.07, 6.45) is 9.50. The predicted octanol–water partition coefficient (Wildman–Crippen LogP) is 4.12. The lowest BCUT2D eigenvalue weighted by Gasteiger charge is -2.33. The molecular weight excluding hydrogens is 220 g/mol. The van der Waals surface area contributed by atoms with Gasteiger partial charge >= 0.3 is 0 Å². The molecule has 1 nitrogen and oxygen atoms in total. The molecule has 2 rings (SSSR count). The van der Waals surface area contributed by atoms with E-state index in [1.165, 1.54) is 0 Å². The van der Waals surface area contributed by atoms with Crippen LogP contribution in [0.1, 0.15) is 64.2 Å². The van der Waals surface area contributed by atoms with E-state index in [-0.39, 0.29) is 5.92 Å². The van der Waals surface area contributed by atoms with Gasteiger partial charge in [-0.1, -0.05) is 38.5 Å². The Morgan fingerprint density at radius 1 is 0.765 bits per heavy atom. The standard InChI is InChI=1S/C14H25F2N/c15-14(16,12-8-4-1-2-5-9-12)13-10-6-3-7-11-17-13/h12-13,17H,1-11H2. The lowest BCUT2D eigenvalue weighted by Crippen LogP contribution is -2.49. The summed E-state index contributed by atoms with van der Waals surface area (Å²) in [5.74, 6) is -2.87. The van der Waals surface area contributed by atoms with Crippen molar-refractivity contribution in [2.24, 2.45) is 5.92 Å². The van der Waals surface area contributed by atoms with Crippen LogP contribution in [0.3, 0.4) is 0 Å². The topological polar surface area (TPSA) is 12.0 Å². The van der Waals surface area contributed by atoms with Crippen LogP contribution in [0.2, 0.25) is 0 Å². The van der Waals surface area contributed by atoms with E-state index >= 15 is 0 Å². The third-order valence-electron chi connectivity index (χ3n) is 4.42. The van der Waals surface area contributed by atoms with Gasteiger partial charge in [0.15, 0.2) is 0 Å². The minimum absolute atomic E-state index is 0.374. The number of hydrogen-bond acceptors (Lipinski definition) is 1. The van der Waals surface area contributed by atoms with Crippen molar-refractivity contribution < 1.29 is 8.78 Å². The van der Waals surface area contributed by atoms with Crippen molar-refractivity contribution in [3.05, 3.63) is 0 Å². The van der Waals surface area contributed by atoms with Gasteiger partial charge in [0, 0.05) is 5.92 Å². The number of hydrogen-bond donors (Lipinski definition) is 1. The third-order valence-corrected chi connectivity index (χ3v) is 4.42. The Morgan fingerprint density at radius 2 is 1.35 bits per heavy atom. The zero-order chi connectivity index (χ0) is 12.1. The second kappa shape index (κ2) is 6.12. The Hall–Kier alpha value is -0.180. The fraction of sp³-hybridized carbons (Fsp3) is 1.00. The van der Waals surface area contributed by atoms with Crippen LogP contribution in [0.25, 0.3) is 0 Å². The smallest absolute Gasteiger partial charge is 0.265 e. The van der Waals surface area contributed by atoms with Crippen LogP contribution in [0.5, 0.6) is 0 Å². The first-order valence-corrected chi connectivity index (χ1v) is 7.32. The molecule has 2 fully saturated rings. The van der Waals surface area contributed by atoms with Gasteiger partial charge in [-0.3, -0.25) is 0 Å². The van der Waals surface area contributed by atoms with Crippen LogP contribution < -0.4 is 5.32 Å². The molecule has 0 aromatic heterocycles. The predicted molar refractivity (Wildman–Crippen MR) is 66.4 cm³/mol. The fourth-order valence-corrected chi connectivity index (χ4v) is 3.31. The summed E-state index contributed by atoms with van der Waals surface area (Å²) in [5, 5.41) is 3.09. The van der Waals surface area contributed by atoms with Crippen molar-refractivity contribution in [1.29, 1.82) is 0 Å². The highest BCUT2D eigenvalue weighted by Gasteiger charge is 2.46. The van der Waals surface area contributed by atoms with Crippen molar-refractivity contribution in [2.45, 2.75) is 76.2 Å². The zero-order valence-corrected chi connectivity index (χ0v) is 10.7. The van der Waals surface area contributed by atoms with E-state index in [0.717, 1.165) is 64.3 Å². The quantitative estimate of drug-likeness (QED) is 0.721. The summed E-state index contributed by atoms with van der Waals surface area (Å²) >= 11 is 0. The van der Waals surface area contributed by atoms with Gasteiger partial charge in [-0.25, -0.2) is 8.78 Å². The van der Waals surface area contributed by atoms with E-state index in [9.17, 15) is 8.78 Å². The second-order valence-corrected chi connectivity index (χ2v) is 5.72. The van der Waals surface area contributed by atoms with Gasteiger partial charge in [0.1, 0.15) is 0 Å². The minimum atomic E-state index is -2.49. The molecule has 1 unspecified atom stereocenters. The highest BCUT2D eigenvalue weighted by molar-refractivity contribution is 4.91. The van der Waals surface area contributed by atoms with Crippen molar-refractivity contribution in [2.75, 3.05) is 6.54 Å². The zero-order valence-electron chi connectivity index (χ0n) is 10.7. The SMILES string of the molecule is FC(F)(C1CCCCCC1)C1CCCCCN1. The van der Waals surface area contributed by atoms with E-state index in [2.05, 4.69) is 5.32 Å². The molecule has 3 heteroatoms. The molecule has 1 heterocycles. The minimum Gasteiger partial charge on any atom is -0.309 e. The molecule has 1 N–H and O–H groups in total. The van der Waals surface area contributed by atoms with Gasteiger partial charge in [0.05, 0.1) is 6.04 Å². The van der Waals surface area contributed by atoms with Crippen LogP contribution in [-0.2, 0) is 0 Å². The van der Waals surface area contributed by atoms with Gasteiger partial charge in [-0.05, 0) is 32.2 Å². The van der Waals surface area contributed by atoms with Crippen LogP contribution >= 0.6 is 0 Å². The van der Waals surface area contributed by atoms with Crippen molar-refractivity contribution in [3.8, 4) is 0 Å². The molecule has 0 radical (unpaired) electrons. The van der Waals surface area contributed by atoms with E-state index in [0.29, 0.717) is 6.42 Å². The van der Waals surface area contributed by atoms with Crippen molar-refractivity contribution in [1.82, 2.24) is 5.32 Å². The lowest BCUT2D eigenvalue weighted by molar-refractivity contribution is -0.0951. The Morgan fingerprint density at radius 3 is 2.06 bits per heavy atom. The number of rotatable bonds is 2. The number of alkyl halides is 2. The van der Waals surface area contributed by atoms with Crippen LogP contribution in [-0.4, -0.2) is 18.5 Å². The van der Waals surface area contributed by atoms with Crippen LogP contribution in [0, 0.1) is 5.92 Å². The summed E-state index contributed by atoms with van der Waals surface area (Å²) < 4.78 is 29.0. The van der Waals surface area contributed by atoms with Gasteiger partial charge in [0.2, 0.25) is 0 Å². The molecule has 0 aromatic carbocycles. The average Bonchev–Trinajstić information content (AvgIpc) is 2.74. The normalized spacial score (nSPS) is 29.6. The first kappa shape index (κ1) is 13.3.